The fourth-order valence-corrected chi connectivity index (χ4v) is 6.14. The van der Waals surface area contributed by atoms with Crippen LogP contribution in [-0.2, 0) is 0 Å². The third-order valence-corrected chi connectivity index (χ3v) is 9.17. The number of amides is 3. The van der Waals surface area contributed by atoms with Crippen LogP contribution in [0.3, 0.4) is 0 Å². The predicted octanol–water partition coefficient (Wildman–Crippen LogP) is 10.3. The van der Waals surface area contributed by atoms with Gasteiger partial charge >= 0.3 is 0 Å². The standard InChI is InChI=1S/C48H33N9O3/c49-28-31-16-22-34(23-17-31)46(58)55-43-40(52-37-10-4-1-5-11-37)44(56-47(59)35-24-18-32(29-50)19-25-35)42(54-39-14-8-3-9-15-39)45(41(43)53-38-12-6-2-7-13-38)57-48(60)36-26-20-33(30-51)21-27-36/h1-27,52-54H,(H,55,58)(H,56,59)(H,57,60). The van der Waals surface area contributed by atoms with Crippen molar-refractivity contribution in [3.05, 3.63) is 197 Å². The maximum Gasteiger partial charge on any atom is 0.255 e. The first kappa shape index (κ1) is 39.1. The smallest absolute Gasteiger partial charge is 0.255 e. The van der Waals surface area contributed by atoms with Gasteiger partial charge in [0.25, 0.3) is 17.7 Å². The second-order valence-electron chi connectivity index (χ2n) is 13.2. The van der Waals surface area contributed by atoms with Gasteiger partial charge in [-0.15, -0.1) is 0 Å². The Morgan fingerprint density at radius 1 is 0.317 bits per heavy atom. The Bertz CT molecular complexity index is 2480. The highest BCUT2D eigenvalue weighted by Gasteiger charge is 2.29. The van der Waals surface area contributed by atoms with Crippen molar-refractivity contribution in [2.45, 2.75) is 0 Å². The SMILES string of the molecule is N#Cc1ccc(C(=O)Nc2c(Nc3ccccc3)c(NC(=O)c3ccc(C#N)cc3)c(Nc3ccccc3)c(NC(=O)c3ccc(C#N)cc3)c2Nc2ccccc2)cc1. The molecule has 288 valence electrons. The summed E-state index contributed by atoms with van der Waals surface area (Å²) in [5, 5.41) is 47.8. The summed E-state index contributed by atoms with van der Waals surface area (Å²) in [6, 6.07) is 51.9. The Labute approximate surface area is 345 Å². The van der Waals surface area contributed by atoms with Crippen molar-refractivity contribution >= 4 is 68.9 Å². The van der Waals surface area contributed by atoms with E-state index in [1.165, 1.54) is 72.8 Å². The number of nitriles is 3. The minimum atomic E-state index is -0.566. The van der Waals surface area contributed by atoms with Gasteiger partial charge in [-0.2, -0.15) is 15.8 Å². The highest BCUT2D eigenvalue weighted by atomic mass is 16.2. The lowest BCUT2D eigenvalue weighted by Gasteiger charge is -2.29. The molecule has 0 unspecified atom stereocenters. The van der Waals surface area contributed by atoms with Gasteiger partial charge in [-0.25, -0.2) is 0 Å². The molecule has 6 N–H and O–H groups in total. The van der Waals surface area contributed by atoms with Crippen LogP contribution < -0.4 is 31.9 Å². The molecule has 3 amide bonds. The Kier molecular flexibility index (Phi) is 11.8. The highest BCUT2D eigenvalue weighted by Crippen LogP contribution is 2.53. The molecule has 0 aliphatic rings. The molecule has 0 atom stereocenters. The normalized spacial score (nSPS) is 10.2. The third kappa shape index (κ3) is 9.09. The number of nitrogens with zero attached hydrogens (tertiary/aromatic N) is 3. The van der Waals surface area contributed by atoms with Gasteiger partial charge in [0.05, 0.1) is 69.0 Å². The van der Waals surface area contributed by atoms with E-state index in [1.807, 2.05) is 91.0 Å². The number of hydrogen-bond acceptors (Lipinski definition) is 9. The summed E-state index contributed by atoms with van der Waals surface area (Å²) in [7, 11) is 0. The van der Waals surface area contributed by atoms with Crippen LogP contribution in [0.15, 0.2) is 164 Å². The fraction of sp³-hybridized carbons (Fsp3) is 0. The molecule has 0 fully saturated rings. The predicted molar refractivity (Wildman–Crippen MR) is 233 cm³/mol. The minimum Gasteiger partial charge on any atom is -0.352 e. The van der Waals surface area contributed by atoms with E-state index in [1.54, 1.807) is 0 Å². The first-order valence-electron chi connectivity index (χ1n) is 18.5. The van der Waals surface area contributed by atoms with Gasteiger partial charge in [0.15, 0.2) is 0 Å². The first-order valence-corrected chi connectivity index (χ1v) is 18.5. The molecule has 60 heavy (non-hydrogen) atoms. The van der Waals surface area contributed by atoms with Gasteiger partial charge < -0.3 is 31.9 Å². The molecule has 0 bridgehead atoms. The van der Waals surface area contributed by atoms with E-state index in [4.69, 9.17) is 0 Å². The van der Waals surface area contributed by atoms with E-state index in [0.29, 0.717) is 33.8 Å². The number of benzene rings is 7. The molecule has 0 saturated carbocycles. The van der Waals surface area contributed by atoms with Crippen molar-refractivity contribution in [3.8, 4) is 18.2 Å². The zero-order valence-electron chi connectivity index (χ0n) is 31.7. The maximum atomic E-state index is 14.3. The lowest BCUT2D eigenvalue weighted by molar-refractivity contribution is 0.101. The number of rotatable bonds is 12. The number of para-hydroxylation sites is 3. The van der Waals surface area contributed by atoms with Crippen LogP contribution in [0, 0.1) is 34.0 Å². The largest absolute Gasteiger partial charge is 0.352 e. The molecule has 0 aromatic heterocycles. The molecule has 12 heteroatoms. The average molecular weight is 784 g/mol. The van der Waals surface area contributed by atoms with Crippen LogP contribution in [0.2, 0.25) is 0 Å². The zero-order chi connectivity index (χ0) is 41.8. The van der Waals surface area contributed by atoms with Gasteiger partial charge in [0, 0.05) is 33.8 Å². The summed E-state index contributed by atoms with van der Waals surface area (Å²) in [6.45, 7) is 0. The second-order valence-corrected chi connectivity index (χ2v) is 13.2. The minimum absolute atomic E-state index is 0.126. The van der Waals surface area contributed by atoms with Crippen molar-refractivity contribution in [1.29, 1.82) is 15.8 Å². The van der Waals surface area contributed by atoms with E-state index in [0.717, 1.165) is 0 Å². The first-order chi connectivity index (χ1) is 29.3. The summed E-state index contributed by atoms with van der Waals surface area (Å²) < 4.78 is 0. The van der Waals surface area contributed by atoms with Gasteiger partial charge in [0.1, 0.15) is 0 Å². The number of nitrogens with one attached hydrogen (secondary N) is 6. The van der Waals surface area contributed by atoms with E-state index >= 15 is 0 Å². The van der Waals surface area contributed by atoms with E-state index < -0.39 is 17.7 Å². The lowest BCUT2D eigenvalue weighted by atomic mass is 10.0. The quantitative estimate of drug-likeness (QED) is 0.0699. The highest BCUT2D eigenvalue weighted by molar-refractivity contribution is 6.22. The topological polar surface area (TPSA) is 195 Å². The Hall–Kier alpha value is -9.18. The van der Waals surface area contributed by atoms with Crippen molar-refractivity contribution in [1.82, 2.24) is 0 Å². The van der Waals surface area contributed by atoms with Crippen molar-refractivity contribution in [2.75, 3.05) is 31.9 Å². The van der Waals surface area contributed by atoms with Gasteiger partial charge in [-0.3, -0.25) is 14.4 Å². The van der Waals surface area contributed by atoms with Crippen LogP contribution in [0.1, 0.15) is 47.8 Å². The number of carbonyl (C=O) groups excluding carboxylic acids is 3. The molecule has 7 aromatic rings. The van der Waals surface area contributed by atoms with Gasteiger partial charge in [0.2, 0.25) is 0 Å². The van der Waals surface area contributed by atoms with Crippen LogP contribution in [-0.4, -0.2) is 17.7 Å². The molecule has 0 radical (unpaired) electrons. The molecule has 0 spiro atoms. The molecular formula is C48H33N9O3. The second kappa shape index (κ2) is 18.2. The summed E-state index contributed by atoms with van der Waals surface area (Å²) in [4.78, 5) is 43.0. The average Bonchev–Trinajstić information content (AvgIpc) is 3.30. The van der Waals surface area contributed by atoms with Gasteiger partial charge in [-0.1, -0.05) is 54.6 Å². The zero-order valence-corrected chi connectivity index (χ0v) is 31.7. The Morgan fingerprint density at radius 3 is 0.767 bits per heavy atom. The molecule has 0 heterocycles. The van der Waals surface area contributed by atoms with Gasteiger partial charge in [-0.05, 0) is 109 Å². The van der Waals surface area contributed by atoms with Crippen molar-refractivity contribution in [3.63, 3.8) is 0 Å². The summed E-state index contributed by atoms with van der Waals surface area (Å²) >= 11 is 0. The molecule has 7 rings (SSSR count). The number of anilines is 9. The van der Waals surface area contributed by atoms with Crippen LogP contribution in [0.4, 0.5) is 51.2 Å². The van der Waals surface area contributed by atoms with Crippen molar-refractivity contribution < 1.29 is 14.4 Å². The summed E-state index contributed by atoms with van der Waals surface area (Å²) in [5.74, 6) is -1.70. The van der Waals surface area contributed by atoms with E-state index in [9.17, 15) is 30.2 Å². The molecular weight excluding hydrogens is 751 g/mol. The Morgan fingerprint density at radius 2 is 0.550 bits per heavy atom. The third-order valence-electron chi connectivity index (χ3n) is 9.17. The van der Waals surface area contributed by atoms with E-state index in [2.05, 4.69) is 50.1 Å². The lowest BCUT2D eigenvalue weighted by Crippen LogP contribution is -2.22. The van der Waals surface area contributed by atoms with Crippen molar-refractivity contribution in [2.24, 2.45) is 0 Å². The number of carbonyl (C=O) groups is 3. The van der Waals surface area contributed by atoms with E-state index in [-0.39, 0.29) is 50.8 Å². The monoisotopic (exact) mass is 783 g/mol. The van der Waals surface area contributed by atoms with Crippen LogP contribution in [0.5, 0.6) is 0 Å². The van der Waals surface area contributed by atoms with Crippen LogP contribution in [0.25, 0.3) is 0 Å². The molecule has 0 aliphatic carbocycles. The number of hydrogen-bond donors (Lipinski definition) is 6. The van der Waals surface area contributed by atoms with Crippen LogP contribution >= 0.6 is 0 Å². The molecule has 7 aromatic carbocycles. The molecule has 0 saturated heterocycles. The summed E-state index contributed by atoms with van der Waals surface area (Å²) in [5.41, 5.74) is 4.57. The molecule has 0 aliphatic heterocycles. The Balaban J connectivity index is 1.54. The summed E-state index contributed by atoms with van der Waals surface area (Å²) in [6.07, 6.45) is 0. The maximum absolute atomic E-state index is 14.3. The fourth-order valence-electron chi connectivity index (χ4n) is 6.14. The molecule has 12 nitrogen and oxygen atoms in total.